The normalized spacial score (nSPS) is 10.8. The van der Waals surface area contributed by atoms with Gasteiger partial charge in [-0.3, -0.25) is 0 Å². The van der Waals surface area contributed by atoms with Gasteiger partial charge >= 0.3 is 0 Å². The van der Waals surface area contributed by atoms with Crippen LogP contribution in [-0.4, -0.2) is 15.7 Å². The summed E-state index contributed by atoms with van der Waals surface area (Å²) in [5.74, 6) is 0.140. The van der Waals surface area contributed by atoms with E-state index in [0.717, 1.165) is 0 Å². The van der Waals surface area contributed by atoms with Crippen LogP contribution in [0.2, 0.25) is 0 Å². The van der Waals surface area contributed by atoms with Gasteiger partial charge in [-0.2, -0.15) is 5.26 Å². The fraction of sp³-hybridized carbons (Fsp3) is 0.214. The highest BCUT2D eigenvalue weighted by Crippen LogP contribution is 2.21. The molecule has 1 heterocycles. The quantitative estimate of drug-likeness (QED) is 0.917. The molecular weight excluding hydrogens is 243 g/mol. The lowest BCUT2D eigenvalue weighted by atomic mass is 10.1. The van der Waals surface area contributed by atoms with Crippen molar-refractivity contribution in [2.24, 2.45) is 0 Å². The van der Waals surface area contributed by atoms with Crippen molar-refractivity contribution in [2.75, 3.05) is 5.32 Å². The smallest absolute Gasteiger partial charge is 0.149 e. The summed E-state index contributed by atoms with van der Waals surface area (Å²) < 4.78 is 13.6. The number of hydrogen-bond acceptors (Lipinski definition) is 4. The number of rotatable bonds is 3. The van der Waals surface area contributed by atoms with E-state index in [0.29, 0.717) is 17.1 Å². The van der Waals surface area contributed by atoms with E-state index in [1.54, 1.807) is 44.2 Å². The van der Waals surface area contributed by atoms with Crippen LogP contribution in [0.5, 0.6) is 0 Å². The lowest BCUT2D eigenvalue weighted by Gasteiger charge is -2.17. The number of nitrogens with one attached hydrogen (secondary N) is 1. The number of hydrogen-bond donors (Lipinski definition) is 1. The molecule has 1 aromatic carbocycles. The Hall–Kier alpha value is -2.48. The second kappa shape index (κ2) is 5.02. The maximum atomic E-state index is 13.6. The second-order valence-electron chi connectivity index (χ2n) is 4.65. The van der Waals surface area contributed by atoms with Gasteiger partial charge in [-0.25, -0.2) is 4.39 Å². The zero-order valence-electron chi connectivity index (χ0n) is 10.7. The Labute approximate surface area is 110 Å². The topological polar surface area (TPSA) is 61.6 Å². The molecule has 0 aliphatic rings. The molecule has 0 unspecified atom stereocenters. The van der Waals surface area contributed by atoms with E-state index < -0.39 is 5.54 Å². The van der Waals surface area contributed by atoms with Gasteiger partial charge in [0.05, 0.1) is 11.8 Å². The van der Waals surface area contributed by atoms with Crippen molar-refractivity contribution in [1.82, 2.24) is 10.2 Å². The van der Waals surface area contributed by atoms with Crippen molar-refractivity contribution in [1.29, 1.82) is 5.26 Å². The molecule has 0 fully saturated rings. The predicted octanol–water partition coefficient (Wildman–Crippen LogP) is 3.00. The monoisotopic (exact) mass is 256 g/mol. The standard InChI is InChI=1S/C14H13FN4/c1-14(2,9-16)17-13-8-7-12(18-19-13)10-5-3-4-6-11(10)15/h3-8H,1-2H3,(H,17,19). The molecule has 0 amide bonds. The van der Waals surface area contributed by atoms with Gasteiger partial charge in [0.15, 0.2) is 0 Å². The van der Waals surface area contributed by atoms with Gasteiger partial charge in [-0.05, 0) is 38.1 Å². The average Bonchev–Trinajstić information content (AvgIpc) is 2.40. The second-order valence-corrected chi connectivity index (χ2v) is 4.65. The molecule has 4 nitrogen and oxygen atoms in total. The molecule has 0 aliphatic heterocycles. The number of anilines is 1. The van der Waals surface area contributed by atoms with Crippen molar-refractivity contribution < 1.29 is 4.39 Å². The molecule has 1 aromatic heterocycles. The van der Waals surface area contributed by atoms with Crippen LogP contribution >= 0.6 is 0 Å². The summed E-state index contributed by atoms with van der Waals surface area (Å²) in [5.41, 5.74) is 0.133. The summed E-state index contributed by atoms with van der Waals surface area (Å²) in [5, 5.41) is 19.8. The Bertz CT molecular complexity index is 614. The summed E-state index contributed by atoms with van der Waals surface area (Å²) in [4.78, 5) is 0. The molecule has 5 heteroatoms. The Kier molecular flexibility index (Phi) is 3.43. The van der Waals surface area contributed by atoms with Crippen LogP contribution in [0.3, 0.4) is 0 Å². The maximum absolute atomic E-state index is 13.6. The third-order valence-corrected chi connectivity index (χ3v) is 2.53. The number of nitrogens with zero attached hydrogens (tertiary/aromatic N) is 3. The fourth-order valence-corrected chi connectivity index (χ4v) is 1.56. The summed E-state index contributed by atoms with van der Waals surface area (Å²) in [6.07, 6.45) is 0. The zero-order valence-corrected chi connectivity index (χ0v) is 10.7. The van der Waals surface area contributed by atoms with E-state index >= 15 is 0 Å². The van der Waals surface area contributed by atoms with Gasteiger partial charge in [-0.15, -0.1) is 10.2 Å². The first-order valence-electron chi connectivity index (χ1n) is 5.80. The van der Waals surface area contributed by atoms with Gasteiger partial charge in [0.1, 0.15) is 17.2 Å². The Morgan fingerprint density at radius 2 is 1.89 bits per heavy atom. The van der Waals surface area contributed by atoms with Gasteiger partial charge in [0.25, 0.3) is 0 Å². The largest absolute Gasteiger partial charge is 0.351 e. The molecule has 1 N–H and O–H groups in total. The predicted molar refractivity (Wildman–Crippen MR) is 70.7 cm³/mol. The molecular formula is C14H13FN4. The maximum Gasteiger partial charge on any atom is 0.149 e. The Morgan fingerprint density at radius 1 is 1.16 bits per heavy atom. The third-order valence-electron chi connectivity index (χ3n) is 2.53. The van der Waals surface area contributed by atoms with Gasteiger partial charge in [0, 0.05) is 5.56 Å². The van der Waals surface area contributed by atoms with Crippen LogP contribution in [0.15, 0.2) is 36.4 Å². The summed E-state index contributed by atoms with van der Waals surface area (Å²) in [7, 11) is 0. The van der Waals surface area contributed by atoms with Crippen LogP contribution in [0.4, 0.5) is 10.2 Å². The van der Waals surface area contributed by atoms with E-state index in [-0.39, 0.29) is 5.82 Å². The fourth-order valence-electron chi connectivity index (χ4n) is 1.56. The first kappa shape index (κ1) is 13.0. The molecule has 2 rings (SSSR count). The van der Waals surface area contributed by atoms with Crippen LogP contribution in [0.25, 0.3) is 11.3 Å². The molecule has 19 heavy (non-hydrogen) atoms. The highest BCUT2D eigenvalue weighted by Gasteiger charge is 2.16. The summed E-state index contributed by atoms with van der Waals surface area (Å²) >= 11 is 0. The lowest BCUT2D eigenvalue weighted by molar-refractivity contribution is 0.630. The lowest BCUT2D eigenvalue weighted by Crippen LogP contribution is -2.29. The molecule has 0 bridgehead atoms. The van der Waals surface area contributed by atoms with E-state index in [9.17, 15) is 4.39 Å². The molecule has 2 aromatic rings. The number of halogens is 1. The minimum atomic E-state index is -0.728. The molecule has 96 valence electrons. The van der Waals surface area contributed by atoms with Gasteiger partial charge < -0.3 is 5.32 Å². The molecule has 0 spiro atoms. The number of nitriles is 1. The number of benzene rings is 1. The first-order valence-corrected chi connectivity index (χ1v) is 5.80. The van der Waals surface area contributed by atoms with Crippen molar-refractivity contribution >= 4 is 5.82 Å². The molecule has 0 aliphatic carbocycles. The first-order chi connectivity index (χ1) is 9.02. The van der Waals surface area contributed by atoms with Crippen LogP contribution < -0.4 is 5.32 Å². The highest BCUT2D eigenvalue weighted by atomic mass is 19.1. The minimum Gasteiger partial charge on any atom is -0.351 e. The van der Waals surface area contributed by atoms with Crippen LogP contribution in [-0.2, 0) is 0 Å². The van der Waals surface area contributed by atoms with E-state index in [2.05, 4.69) is 21.6 Å². The number of aromatic nitrogens is 2. The molecule has 0 atom stereocenters. The average molecular weight is 256 g/mol. The molecule has 0 radical (unpaired) electrons. The van der Waals surface area contributed by atoms with E-state index in [1.165, 1.54) is 6.07 Å². The van der Waals surface area contributed by atoms with Gasteiger partial charge in [-0.1, -0.05) is 12.1 Å². The summed E-state index contributed by atoms with van der Waals surface area (Å²) in [6.45, 7) is 3.47. The Morgan fingerprint density at radius 3 is 2.47 bits per heavy atom. The highest BCUT2D eigenvalue weighted by molar-refractivity contribution is 5.60. The van der Waals surface area contributed by atoms with Crippen molar-refractivity contribution in [3.8, 4) is 17.3 Å². The molecule has 0 saturated carbocycles. The SMILES string of the molecule is CC(C)(C#N)Nc1ccc(-c2ccccc2F)nn1. The van der Waals surface area contributed by atoms with Crippen molar-refractivity contribution in [3.63, 3.8) is 0 Å². The van der Waals surface area contributed by atoms with E-state index in [1.807, 2.05) is 0 Å². The van der Waals surface area contributed by atoms with Gasteiger partial charge in [0.2, 0.25) is 0 Å². The molecule has 0 saturated heterocycles. The Balaban J connectivity index is 2.25. The third kappa shape index (κ3) is 3.05. The van der Waals surface area contributed by atoms with Crippen LogP contribution in [0.1, 0.15) is 13.8 Å². The van der Waals surface area contributed by atoms with Crippen molar-refractivity contribution in [3.05, 3.63) is 42.2 Å². The van der Waals surface area contributed by atoms with Crippen LogP contribution in [0, 0.1) is 17.1 Å². The zero-order chi connectivity index (χ0) is 13.9. The summed E-state index contributed by atoms with van der Waals surface area (Å²) in [6, 6.07) is 11.8. The van der Waals surface area contributed by atoms with Crippen molar-refractivity contribution in [2.45, 2.75) is 19.4 Å². The minimum absolute atomic E-state index is 0.338. The van der Waals surface area contributed by atoms with E-state index in [4.69, 9.17) is 5.26 Å².